The molecular formula is C10H17F3N6. The van der Waals surface area contributed by atoms with Crippen molar-refractivity contribution in [2.75, 3.05) is 31.4 Å². The molecule has 1 rings (SSSR count). The molecule has 0 fully saturated rings. The van der Waals surface area contributed by atoms with Crippen LogP contribution < -0.4 is 16.6 Å². The van der Waals surface area contributed by atoms with Crippen LogP contribution in [0.2, 0.25) is 0 Å². The number of hydrazine groups is 1. The standard InChI is InChI=1S/C10H17F3N6/c1-6(5-19(2)3)15-8-4-7(10(11,12)13)16-9(17-8)18-14/h4,6H,5,14H2,1-3H3,(H2,15,16,17,18). The van der Waals surface area contributed by atoms with E-state index in [1.165, 1.54) is 0 Å². The summed E-state index contributed by atoms with van der Waals surface area (Å²) >= 11 is 0. The van der Waals surface area contributed by atoms with E-state index in [0.717, 1.165) is 6.07 Å². The van der Waals surface area contributed by atoms with Crippen LogP contribution >= 0.6 is 0 Å². The lowest BCUT2D eigenvalue weighted by Gasteiger charge is -2.19. The first-order chi connectivity index (χ1) is 8.72. The maximum Gasteiger partial charge on any atom is 0.433 e. The zero-order valence-corrected chi connectivity index (χ0v) is 10.9. The Hall–Kier alpha value is -1.61. The molecule has 0 aliphatic carbocycles. The highest BCUT2D eigenvalue weighted by Gasteiger charge is 2.33. The van der Waals surface area contributed by atoms with Gasteiger partial charge in [0.15, 0.2) is 5.69 Å². The number of nitrogens with two attached hydrogens (primary N) is 1. The number of anilines is 2. The quantitative estimate of drug-likeness (QED) is 0.554. The summed E-state index contributed by atoms with van der Waals surface area (Å²) in [5, 5.41) is 2.87. The Balaban J connectivity index is 2.94. The highest BCUT2D eigenvalue weighted by atomic mass is 19.4. The van der Waals surface area contributed by atoms with Crippen LogP contribution in [0.5, 0.6) is 0 Å². The van der Waals surface area contributed by atoms with Gasteiger partial charge in [0.25, 0.3) is 0 Å². The Morgan fingerprint density at radius 3 is 2.47 bits per heavy atom. The van der Waals surface area contributed by atoms with Gasteiger partial charge in [0.1, 0.15) is 5.82 Å². The Bertz CT molecular complexity index is 420. The van der Waals surface area contributed by atoms with Gasteiger partial charge in [-0.05, 0) is 21.0 Å². The lowest BCUT2D eigenvalue weighted by Crippen LogP contribution is -2.30. The minimum Gasteiger partial charge on any atom is -0.366 e. The first kappa shape index (κ1) is 15.4. The van der Waals surface area contributed by atoms with Crippen molar-refractivity contribution in [1.29, 1.82) is 0 Å². The molecule has 1 aromatic heterocycles. The van der Waals surface area contributed by atoms with Gasteiger partial charge in [0.2, 0.25) is 5.95 Å². The van der Waals surface area contributed by atoms with Gasteiger partial charge in [-0.2, -0.15) is 18.2 Å². The molecule has 0 aliphatic rings. The number of hydrogen-bond acceptors (Lipinski definition) is 6. The summed E-state index contributed by atoms with van der Waals surface area (Å²) in [5.41, 5.74) is 0.975. The molecule has 0 aromatic carbocycles. The molecule has 0 amide bonds. The van der Waals surface area contributed by atoms with Crippen LogP contribution in [0, 0.1) is 0 Å². The molecule has 1 unspecified atom stereocenters. The van der Waals surface area contributed by atoms with Crippen molar-refractivity contribution in [3.63, 3.8) is 0 Å². The summed E-state index contributed by atoms with van der Waals surface area (Å²) in [5.74, 6) is 4.85. The molecule has 9 heteroatoms. The molecule has 6 nitrogen and oxygen atoms in total. The number of rotatable bonds is 5. The van der Waals surface area contributed by atoms with Gasteiger partial charge >= 0.3 is 6.18 Å². The summed E-state index contributed by atoms with van der Waals surface area (Å²) in [6.45, 7) is 2.49. The fourth-order valence-electron chi connectivity index (χ4n) is 1.58. The van der Waals surface area contributed by atoms with Crippen molar-refractivity contribution in [3.8, 4) is 0 Å². The largest absolute Gasteiger partial charge is 0.433 e. The molecule has 1 aromatic rings. The number of halogens is 3. The van der Waals surface area contributed by atoms with E-state index in [9.17, 15) is 13.2 Å². The number of alkyl halides is 3. The number of nitrogens with zero attached hydrogens (tertiary/aromatic N) is 3. The summed E-state index contributed by atoms with van der Waals surface area (Å²) in [6.07, 6.45) is -4.55. The second-order valence-electron chi connectivity index (χ2n) is 4.41. The van der Waals surface area contributed by atoms with Gasteiger partial charge in [0.05, 0.1) is 0 Å². The first-order valence-corrected chi connectivity index (χ1v) is 5.56. The molecule has 1 atom stereocenters. The van der Waals surface area contributed by atoms with Crippen LogP contribution in [0.4, 0.5) is 24.9 Å². The number of likely N-dealkylation sites (N-methyl/N-ethyl adjacent to an activating group) is 1. The monoisotopic (exact) mass is 278 g/mol. The highest BCUT2D eigenvalue weighted by Crippen LogP contribution is 2.29. The molecule has 1 heterocycles. The van der Waals surface area contributed by atoms with E-state index in [4.69, 9.17) is 5.84 Å². The maximum absolute atomic E-state index is 12.6. The average Bonchev–Trinajstić information content (AvgIpc) is 2.25. The molecule has 0 saturated heterocycles. The molecule has 19 heavy (non-hydrogen) atoms. The third-order valence-corrected chi connectivity index (χ3v) is 2.18. The fourth-order valence-corrected chi connectivity index (χ4v) is 1.58. The van der Waals surface area contributed by atoms with Gasteiger partial charge in [-0.25, -0.2) is 10.8 Å². The molecule has 0 bridgehead atoms. The molecule has 0 saturated carbocycles. The summed E-state index contributed by atoms with van der Waals surface area (Å²) in [7, 11) is 3.73. The van der Waals surface area contributed by atoms with Crippen LogP contribution in [0.25, 0.3) is 0 Å². The van der Waals surface area contributed by atoms with Crippen molar-refractivity contribution >= 4 is 11.8 Å². The Morgan fingerprint density at radius 1 is 1.37 bits per heavy atom. The van der Waals surface area contributed by atoms with Crippen molar-refractivity contribution in [1.82, 2.24) is 14.9 Å². The number of hydrogen-bond donors (Lipinski definition) is 3. The number of aromatic nitrogens is 2. The van der Waals surface area contributed by atoms with E-state index in [-0.39, 0.29) is 17.8 Å². The van der Waals surface area contributed by atoms with Gasteiger partial charge in [-0.3, -0.25) is 5.43 Å². The molecule has 4 N–H and O–H groups in total. The van der Waals surface area contributed by atoms with Crippen molar-refractivity contribution in [2.45, 2.75) is 19.1 Å². The second kappa shape index (κ2) is 6.02. The van der Waals surface area contributed by atoms with E-state index in [0.29, 0.717) is 6.54 Å². The molecular weight excluding hydrogens is 261 g/mol. The van der Waals surface area contributed by atoms with Gasteiger partial charge in [-0.1, -0.05) is 0 Å². The van der Waals surface area contributed by atoms with Crippen LogP contribution in [-0.2, 0) is 6.18 Å². The van der Waals surface area contributed by atoms with Crippen LogP contribution in [0.15, 0.2) is 6.07 Å². The third kappa shape index (κ3) is 4.87. The van der Waals surface area contributed by atoms with Crippen LogP contribution in [0.1, 0.15) is 12.6 Å². The lowest BCUT2D eigenvalue weighted by atomic mass is 10.3. The van der Waals surface area contributed by atoms with Crippen LogP contribution in [0.3, 0.4) is 0 Å². The topological polar surface area (TPSA) is 79.1 Å². The Labute approximate surface area is 109 Å². The minimum atomic E-state index is -4.55. The predicted octanol–water partition coefficient (Wildman–Crippen LogP) is 1.14. The number of nitrogens with one attached hydrogen (secondary N) is 2. The second-order valence-corrected chi connectivity index (χ2v) is 4.41. The Morgan fingerprint density at radius 2 is 2.00 bits per heavy atom. The Kier molecular flexibility index (Phi) is 4.90. The highest BCUT2D eigenvalue weighted by molar-refractivity contribution is 5.43. The van der Waals surface area contributed by atoms with E-state index in [1.54, 1.807) is 0 Å². The van der Waals surface area contributed by atoms with Gasteiger partial charge in [0, 0.05) is 18.7 Å². The molecule has 108 valence electrons. The van der Waals surface area contributed by atoms with Crippen molar-refractivity contribution in [3.05, 3.63) is 11.8 Å². The predicted molar refractivity (Wildman–Crippen MR) is 66.5 cm³/mol. The fraction of sp³-hybridized carbons (Fsp3) is 0.600. The zero-order valence-electron chi connectivity index (χ0n) is 10.9. The van der Waals surface area contributed by atoms with E-state index in [1.807, 2.05) is 31.3 Å². The average molecular weight is 278 g/mol. The molecule has 0 spiro atoms. The van der Waals surface area contributed by atoms with E-state index in [2.05, 4.69) is 15.3 Å². The van der Waals surface area contributed by atoms with E-state index >= 15 is 0 Å². The summed E-state index contributed by atoms with van der Waals surface area (Å²) in [6, 6.07) is 0.782. The van der Waals surface area contributed by atoms with Gasteiger partial charge < -0.3 is 10.2 Å². The smallest absolute Gasteiger partial charge is 0.366 e. The van der Waals surface area contributed by atoms with E-state index < -0.39 is 11.9 Å². The SMILES string of the molecule is CC(CN(C)C)Nc1cc(C(F)(F)F)nc(NN)n1. The van der Waals surface area contributed by atoms with Crippen LogP contribution in [-0.4, -0.2) is 41.5 Å². The van der Waals surface area contributed by atoms with Gasteiger partial charge in [-0.15, -0.1) is 0 Å². The zero-order chi connectivity index (χ0) is 14.6. The maximum atomic E-state index is 12.6. The number of nitrogen functional groups attached to an aromatic ring is 1. The van der Waals surface area contributed by atoms with Crippen molar-refractivity contribution < 1.29 is 13.2 Å². The first-order valence-electron chi connectivity index (χ1n) is 5.56. The summed E-state index contributed by atoms with van der Waals surface area (Å²) in [4.78, 5) is 9.01. The molecule has 0 radical (unpaired) electrons. The minimum absolute atomic E-state index is 0.0726. The summed E-state index contributed by atoms with van der Waals surface area (Å²) < 4.78 is 37.9. The third-order valence-electron chi connectivity index (χ3n) is 2.18. The normalized spacial score (nSPS) is 13.5. The lowest BCUT2D eigenvalue weighted by molar-refractivity contribution is -0.141. The molecule has 0 aliphatic heterocycles. The van der Waals surface area contributed by atoms with Crippen molar-refractivity contribution in [2.24, 2.45) is 5.84 Å².